The van der Waals surface area contributed by atoms with Crippen molar-refractivity contribution < 1.29 is 18.1 Å². The topological polar surface area (TPSA) is 98.5 Å². The monoisotopic (exact) mass is 378 g/mol. The molecule has 0 radical (unpaired) electrons. The molecule has 0 heterocycles. The van der Waals surface area contributed by atoms with E-state index >= 15 is 0 Å². The molecule has 140 valence electrons. The van der Waals surface area contributed by atoms with Crippen LogP contribution in [0.2, 0.25) is 0 Å². The number of nitrogens with zero attached hydrogens (tertiary/aromatic N) is 1. The predicted molar refractivity (Wildman–Crippen MR) is 98.6 cm³/mol. The highest BCUT2D eigenvalue weighted by atomic mass is 32.2. The van der Waals surface area contributed by atoms with Crippen molar-refractivity contribution in [1.29, 1.82) is 0 Å². The highest BCUT2D eigenvalue weighted by Crippen LogP contribution is 2.26. The van der Waals surface area contributed by atoms with Crippen molar-refractivity contribution in [1.82, 2.24) is 4.72 Å². The summed E-state index contributed by atoms with van der Waals surface area (Å²) < 4.78 is 33.2. The summed E-state index contributed by atoms with van der Waals surface area (Å²) in [6, 6.07) is 11.6. The third kappa shape index (κ3) is 5.03. The van der Waals surface area contributed by atoms with Crippen molar-refractivity contribution in [3.8, 4) is 5.75 Å². The lowest BCUT2D eigenvalue weighted by Gasteiger charge is -2.21. The van der Waals surface area contributed by atoms with Crippen molar-refractivity contribution in [2.75, 3.05) is 7.11 Å². The maximum Gasteiger partial charge on any atom is 0.269 e. The average Bonchev–Trinajstić information content (AvgIpc) is 2.60. The Kier molecular flexibility index (Phi) is 6.33. The number of hydrogen-bond donors (Lipinski definition) is 1. The molecule has 0 saturated carbocycles. The Morgan fingerprint density at radius 1 is 1.08 bits per heavy atom. The third-order valence-electron chi connectivity index (χ3n) is 3.88. The van der Waals surface area contributed by atoms with Crippen LogP contribution in [-0.4, -0.2) is 20.5 Å². The fourth-order valence-electron chi connectivity index (χ4n) is 2.56. The molecule has 1 N–H and O–H groups in total. The number of nitro benzene ring substituents is 1. The second-order valence-corrected chi connectivity index (χ2v) is 8.04. The second kappa shape index (κ2) is 8.29. The molecule has 0 aromatic heterocycles. The average molecular weight is 378 g/mol. The Morgan fingerprint density at radius 3 is 2.12 bits per heavy atom. The summed E-state index contributed by atoms with van der Waals surface area (Å²) in [6.45, 7) is 4.02. The number of nitrogens with one attached hydrogen (secondary N) is 1. The Hall–Kier alpha value is -2.45. The zero-order valence-electron chi connectivity index (χ0n) is 14.9. The van der Waals surface area contributed by atoms with E-state index in [4.69, 9.17) is 4.74 Å². The highest BCUT2D eigenvalue weighted by molar-refractivity contribution is 7.89. The van der Waals surface area contributed by atoms with Crippen molar-refractivity contribution in [2.45, 2.75) is 31.2 Å². The second-order valence-electron chi connectivity index (χ2n) is 6.33. The molecule has 8 heteroatoms. The van der Waals surface area contributed by atoms with Gasteiger partial charge in [0.15, 0.2) is 0 Å². The summed E-state index contributed by atoms with van der Waals surface area (Å²) in [6.07, 6.45) is 0.610. The van der Waals surface area contributed by atoms with Crippen molar-refractivity contribution in [3.63, 3.8) is 0 Å². The van der Waals surface area contributed by atoms with Crippen LogP contribution < -0.4 is 9.46 Å². The maximum absolute atomic E-state index is 12.7. The van der Waals surface area contributed by atoms with Gasteiger partial charge in [-0.05, 0) is 42.2 Å². The van der Waals surface area contributed by atoms with E-state index in [1.807, 2.05) is 26.0 Å². The summed E-state index contributed by atoms with van der Waals surface area (Å²) in [5.74, 6) is 0.955. The normalized spacial score (nSPS) is 12.8. The van der Waals surface area contributed by atoms with Crippen LogP contribution in [0, 0.1) is 16.0 Å². The summed E-state index contributed by atoms with van der Waals surface area (Å²) in [5, 5.41) is 10.7. The molecule has 1 atom stereocenters. The number of sulfonamides is 1. The third-order valence-corrected chi connectivity index (χ3v) is 5.37. The van der Waals surface area contributed by atoms with Gasteiger partial charge in [-0.1, -0.05) is 26.0 Å². The molecule has 0 spiro atoms. The van der Waals surface area contributed by atoms with Crippen LogP contribution in [0.25, 0.3) is 0 Å². The number of hydrogen-bond acceptors (Lipinski definition) is 5. The molecule has 7 nitrogen and oxygen atoms in total. The number of non-ortho nitro benzene ring substituents is 1. The van der Waals surface area contributed by atoms with Crippen LogP contribution in [0.1, 0.15) is 31.9 Å². The van der Waals surface area contributed by atoms with Gasteiger partial charge in [0.25, 0.3) is 5.69 Å². The predicted octanol–water partition coefficient (Wildman–Crippen LogP) is 3.67. The molecular formula is C18H22N2O5S. The lowest BCUT2D eigenvalue weighted by atomic mass is 9.98. The van der Waals surface area contributed by atoms with Gasteiger partial charge >= 0.3 is 0 Å². The molecule has 0 aliphatic rings. The number of ether oxygens (including phenoxy) is 1. The Bertz CT molecular complexity index is 846. The van der Waals surface area contributed by atoms with Crippen LogP contribution in [0.3, 0.4) is 0 Å². The summed E-state index contributed by atoms with van der Waals surface area (Å²) in [7, 11) is -2.25. The lowest BCUT2D eigenvalue weighted by Crippen LogP contribution is -2.29. The van der Waals surface area contributed by atoms with Gasteiger partial charge in [0.05, 0.1) is 16.9 Å². The standard InChI is InChI=1S/C18H22N2O5S/c1-13(2)12-18(14-4-8-16(25-3)9-5-14)19-26(23,24)17-10-6-15(7-11-17)20(21)22/h4-11,13,18-19H,12H2,1-3H3. The van der Waals surface area contributed by atoms with Crippen LogP contribution in [0.5, 0.6) is 5.75 Å². The smallest absolute Gasteiger partial charge is 0.269 e. The quantitative estimate of drug-likeness (QED) is 0.558. The van der Waals surface area contributed by atoms with E-state index in [9.17, 15) is 18.5 Å². The van der Waals surface area contributed by atoms with Crippen LogP contribution in [-0.2, 0) is 10.0 Å². The van der Waals surface area contributed by atoms with Gasteiger partial charge < -0.3 is 4.74 Å². The minimum atomic E-state index is -3.82. The minimum Gasteiger partial charge on any atom is -0.497 e. The zero-order chi connectivity index (χ0) is 19.3. The molecule has 0 amide bonds. The first-order chi connectivity index (χ1) is 12.2. The van der Waals surface area contributed by atoms with Crippen molar-refractivity contribution >= 4 is 15.7 Å². The molecule has 0 bridgehead atoms. The molecule has 1 unspecified atom stereocenters. The maximum atomic E-state index is 12.7. The molecule has 0 fully saturated rings. The van der Waals surface area contributed by atoms with Gasteiger partial charge in [-0.3, -0.25) is 10.1 Å². The van der Waals surface area contributed by atoms with Crippen LogP contribution >= 0.6 is 0 Å². The Labute approximate surface area is 153 Å². The van der Waals surface area contributed by atoms with Crippen LogP contribution in [0.15, 0.2) is 53.4 Å². The molecule has 2 aromatic rings. The molecule has 0 aliphatic carbocycles. The van der Waals surface area contributed by atoms with E-state index in [0.29, 0.717) is 12.2 Å². The Morgan fingerprint density at radius 2 is 1.65 bits per heavy atom. The number of methoxy groups -OCH3 is 1. The number of nitro groups is 1. The SMILES string of the molecule is COc1ccc(C(CC(C)C)NS(=O)(=O)c2ccc([N+](=O)[O-])cc2)cc1. The number of rotatable bonds is 8. The number of benzene rings is 2. The zero-order valence-corrected chi connectivity index (χ0v) is 15.7. The van der Waals surface area contributed by atoms with E-state index in [-0.39, 0.29) is 16.5 Å². The van der Waals surface area contributed by atoms with Gasteiger partial charge in [0.1, 0.15) is 5.75 Å². The van der Waals surface area contributed by atoms with Gasteiger partial charge in [-0.2, -0.15) is 0 Å². The highest BCUT2D eigenvalue weighted by Gasteiger charge is 2.23. The van der Waals surface area contributed by atoms with Gasteiger partial charge in [0, 0.05) is 18.2 Å². The van der Waals surface area contributed by atoms with Gasteiger partial charge in [-0.25, -0.2) is 13.1 Å². The van der Waals surface area contributed by atoms with Gasteiger partial charge in [-0.15, -0.1) is 0 Å². The molecule has 0 aliphatic heterocycles. The van der Waals surface area contributed by atoms with Crippen molar-refractivity contribution in [3.05, 3.63) is 64.2 Å². The summed E-state index contributed by atoms with van der Waals surface area (Å²) in [5.41, 5.74) is 0.669. The molecule has 26 heavy (non-hydrogen) atoms. The van der Waals surface area contributed by atoms with E-state index in [1.165, 1.54) is 24.3 Å². The van der Waals surface area contributed by atoms with E-state index in [0.717, 1.165) is 5.56 Å². The molecule has 2 rings (SSSR count). The van der Waals surface area contributed by atoms with E-state index in [2.05, 4.69) is 4.72 Å². The largest absolute Gasteiger partial charge is 0.497 e. The van der Waals surface area contributed by atoms with Gasteiger partial charge in [0.2, 0.25) is 10.0 Å². The minimum absolute atomic E-state index is 0.00892. The molecule has 2 aromatic carbocycles. The van der Waals surface area contributed by atoms with Crippen molar-refractivity contribution in [2.24, 2.45) is 5.92 Å². The summed E-state index contributed by atoms with van der Waals surface area (Å²) in [4.78, 5) is 10.2. The van der Waals surface area contributed by atoms with E-state index in [1.54, 1.807) is 19.2 Å². The first-order valence-corrected chi connectivity index (χ1v) is 9.62. The first kappa shape index (κ1) is 19.9. The first-order valence-electron chi connectivity index (χ1n) is 8.13. The molecule has 0 saturated heterocycles. The van der Waals surface area contributed by atoms with E-state index < -0.39 is 21.0 Å². The lowest BCUT2D eigenvalue weighted by molar-refractivity contribution is -0.384. The summed E-state index contributed by atoms with van der Waals surface area (Å²) >= 11 is 0. The fraction of sp³-hybridized carbons (Fsp3) is 0.333. The molecular weight excluding hydrogens is 356 g/mol. The van der Waals surface area contributed by atoms with Crippen LogP contribution in [0.4, 0.5) is 5.69 Å². The Balaban J connectivity index is 2.29. The fourth-order valence-corrected chi connectivity index (χ4v) is 3.80.